The fraction of sp³-hybridized carbons (Fsp3) is 0.520. The average molecular weight is 891 g/mol. The molecule has 2 aromatic carbocycles. The van der Waals surface area contributed by atoms with Gasteiger partial charge in [0.1, 0.15) is 12.1 Å². The lowest BCUT2D eigenvalue weighted by Crippen LogP contribution is -2.61. The fourth-order valence-corrected chi connectivity index (χ4v) is 9.02. The summed E-state index contributed by atoms with van der Waals surface area (Å²) in [5.41, 5.74) is 10.9. The van der Waals surface area contributed by atoms with Gasteiger partial charge in [-0.25, -0.2) is 15.4 Å². The number of nitrogens with zero attached hydrogens (tertiary/aromatic N) is 6. The number of benzene rings is 2. The van der Waals surface area contributed by atoms with E-state index in [0.717, 1.165) is 50.0 Å². The van der Waals surface area contributed by atoms with E-state index >= 15 is 0 Å². The largest absolute Gasteiger partial charge is 0.465 e. The minimum Gasteiger partial charge on any atom is -0.465 e. The number of esters is 1. The van der Waals surface area contributed by atoms with E-state index in [2.05, 4.69) is 87.4 Å². The van der Waals surface area contributed by atoms with Crippen molar-refractivity contribution in [3.63, 3.8) is 0 Å². The molecule has 4 aromatic rings. The van der Waals surface area contributed by atoms with Crippen molar-refractivity contribution < 1.29 is 33.4 Å². The molecular weight excluding hydrogens is 825 g/mol. The number of hydrogen-bond acceptors (Lipinski definition) is 11. The molecule has 2 aliphatic heterocycles. The number of pyridine rings is 1. The van der Waals surface area contributed by atoms with Crippen LogP contribution in [0.1, 0.15) is 77.0 Å². The van der Waals surface area contributed by atoms with Gasteiger partial charge < -0.3 is 29.0 Å². The number of hydrogen-bond donors (Lipinski definition) is 2. The summed E-state index contributed by atoms with van der Waals surface area (Å²) in [7, 11) is 4.88. The van der Waals surface area contributed by atoms with Gasteiger partial charge in [0.05, 0.1) is 51.0 Å². The molecule has 2 N–H and O–H groups in total. The minimum absolute atomic E-state index is 0.0596. The third kappa shape index (κ3) is 12.1. The molecule has 3 amide bonds. The number of carbonyl (C=O) groups excluding carboxylic acids is 4. The van der Waals surface area contributed by atoms with Crippen LogP contribution in [0, 0.1) is 11.3 Å². The van der Waals surface area contributed by atoms with Crippen molar-refractivity contribution in [2.45, 2.75) is 104 Å². The molecule has 0 radical (unpaired) electrons. The number of rotatable bonds is 14. The molecule has 15 heteroatoms. The topological polar surface area (TPSA) is 169 Å². The number of aryl methyl sites for hydroxylation is 1. The van der Waals surface area contributed by atoms with Crippen LogP contribution < -0.4 is 10.7 Å². The Morgan fingerprint density at radius 1 is 1.06 bits per heavy atom. The van der Waals surface area contributed by atoms with Crippen LogP contribution in [0.3, 0.4) is 0 Å². The van der Waals surface area contributed by atoms with Crippen molar-refractivity contribution in [1.82, 2.24) is 30.2 Å². The summed E-state index contributed by atoms with van der Waals surface area (Å²) in [5.74, 6) is -1.67. The molecule has 3 atom stereocenters. The number of cyclic esters (lactones) is 1. The van der Waals surface area contributed by atoms with Gasteiger partial charge in [-0.15, -0.1) is 0 Å². The maximum absolute atomic E-state index is 14.6. The third-order valence-electron chi connectivity index (χ3n) is 12.2. The summed E-state index contributed by atoms with van der Waals surface area (Å²) in [6.07, 6.45) is 5.96. The van der Waals surface area contributed by atoms with Crippen molar-refractivity contribution in [2.75, 3.05) is 54.1 Å². The van der Waals surface area contributed by atoms with Crippen LogP contribution in [0.4, 0.5) is 0 Å². The molecule has 65 heavy (non-hydrogen) atoms. The molecule has 15 nitrogen and oxygen atoms in total. The number of aliphatic imine (C=N–C) groups is 2. The predicted molar refractivity (Wildman–Crippen MR) is 251 cm³/mol. The molecule has 348 valence electrons. The second kappa shape index (κ2) is 22.4. The Morgan fingerprint density at radius 2 is 1.85 bits per heavy atom. The molecular formula is C50H66N8O7. The van der Waals surface area contributed by atoms with Crippen molar-refractivity contribution >= 4 is 40.6 Å². The van der Waals surface area contributed by atoms with Gasteiger partial charge in [-0.1, -0.05) is 58.0 Å². The molecule has 6 bridgehead atoms. The summed E-state index contributed by atoms with van der Waals surface area (Å²) in [6.45, 7) is 12.9. The van der Waals surface area contributed by atoms with Crippen LogP contribution >= 0.6 is 0 Å². The molecule has 2 aromatic heterocycles. The number of nitrogens with one attached hydrogen (secondary N) is 2. The zero-order valence-electron chi connectivity index (χ0n) is 39.3. The molecule has 1 saturated heterocycles. The van der Waals surface area contributed by atoms with Crippen molar-refractivity contribution in [3.8, 4) is 22.4 Å². The van der Waals surface area contributed by atoms with E-state index in [1.807, 2.05) is 38.2 Å². The molecule has 0 unspecified atom stereocenters. The number of aromatic nitrogens is 2. The fourth-order valence-electron chi connectivity index (χ4n) is 9.02. The summed E-state index contributed by atoms with van der Waals surface area (Å²) < 4.78 is 19.0. The van der Waals surface area contributed by atoms with Gasteiger partial charge in [0.25, 0.3) is 5.91 Å². The Hall–Kier alpha value is -5.73. The Kier molecular flexibility index (Phi) is 16.8. The van der Waals surface area contributed by atoms with Crippen LogP contribution in [0.25, 0.3) is 33.3 Å². The van der Waals surface area contributed by atoms with Gasteiger partial charge >= 0.3 is 5.97 Å². The standard InChI is InChI=1S/C50H66N8O7/c1-9-57-43-16-15-36-26-39(43)40(47(57)41-29-51-19-17-37(41)30-64-8)28-50(4,5)31-65-45(60)27-38-14-11-22-58(55-38)49(62)42(25-34-12-10-13-35(36)24-34)54-48(61)46(33(2)3)56(6)44(59)18-20-52-32-53-21-23-63-7/h10,12-13,15-17,19,24,26,29,33,38,42,46,55H,9,11,14,18,20-23,25,27-28,30-31H2,1-8H3,(H,54,61)/t38-,42-,46-/m0/s1. The first-order chi connectivity index (χ1) is 31.2. The number of likely N-dealkylation sites (N-methyl/N-ethyl adjacent to an activating group) is 1. The zero-order chi connectivity index (χ0) is 46.7. The van der Waals surface area contributed by atoms with E-state index in [1.165, 1.54) is 9.91 Å². The highest BCUT2D eigenvalue weighted by Crippen LogP contribution is 2.41. The number of ether oxygens (including phenoxy) is 3. The van der Waals surface area contributed by atoms with Gasteiger partial charge in [0, 0.05) is 87.5 Å². The molecule has 1 fully saturated rings. The maximum Gasteiger partial charge on any atom is 0.307 e. The number of hydrazine groups is 1. The summed E-state index contributed by atoms with van der Waals surface area (Å²) >= 11 is 0. The molecule has 0 saturated carbocycles. The van der Waals surface area contributed by atoms with Crippen LogP contribution in [-0.2, 0) is 59.4 Å². The molecule has 4 heterocycles. The van der Waals surface area contributed by atoms with Crippen LogP contribution in [0.2, 0.25) is 0 Å². The SMILES string of the molecule is CCn1c(-c2cnccc2COC)c2c3cc(ccc31)-c1cccc(c1)C[C@H](NC(=O)[C@H](C(C)C)N(C)C(=O)CCN=C=NCCOC)C(=O)N1CCC[C@@H](CC(=O)OCC(C)(C)C2)N1. The van der Waals surface area contributed by atoms with Gasteiger partial charge in [-0.05, 0) is 78.1 Å². The van der Waals surface area contributed by atoms with Gasteiger partial charge in [0.2, 0.25) is 11.8 Å². The van der Waals surface area contributed by atoms with E-state index in [9.17, 15) is 19.2 Å². The lowest BCUT2D eigenvalue weighted by molar-refractivity contribution is -0.150. The van der Waals surface area contributed by atoms with Crippen molar-refractivity contribution in [1.29, 1.82) is 0 Å². The second-order valence-corrected chi connectivity index (χ2v) is 18.2. The summed E-state index contributed by atoms with van der Waals surface area (Å²) in [4.78, 5) is 70.1. The zero-order valence-corrected chi connectivity index (χ0v) is 39.3. The van der Waals surface area contributed by atoms with Crippen LogP contribution in [-0.4, -0.2) is 121 Å². The van der Waals surface area contributed by atoms with Crippen LogP contribution in [0.15, 0.2) is 70.9 Å². The highest BCUT2D eigenvalue weighted by molar-refractivity contribution is 5.96. The highest BCUT2D eigenvalue weighted by atomic mass is 16.5. The average Bonchev–Trinajstić information content (AvgIpc) is 3.58. The Morgan fingerprint density at radius 3 is 2.60 bits per heavy atom. The Bertz CT molecular complexity index is 2390. The first-order valence-electron chi connectivity index (χ1n) is 22.8. The molecule has 2 aliphatic rings. The third-order valence-corrected chi connectivity index (χ3v) is 12.2. The second-order valence-electron chi connectivity index (χ2n) is 18.2. The first-order valence-corrected chi connectivity index (χ1v) is 22.8. The Labute approximate surface area is 383 Å². The Balaban J connectivity index is 1.39. The van der Waals surface area contributed by atoms with Gasteiger partial charge in [0.15, 0.2) is 0 Å². The minimum atomic E-state index is -0.993. The molecule has 0 spiro atoms. The van der Waals surface area contributed by atoms with E-state index in [4.69, 9.17) is 14.2 Å². The predicted octanol–water partition coefficient (Wildman–Crippen LogP) is 6.27. The van der Waals surface area contributed by atoms with E-state index in [-0.39, 0.29) is 62.2 Å². The van der Waals surface area contributed by atoms with E-state index < -0.39 is 23.4 Å². The summed E-state index contributed by atoms with van der Waals surface area (Å²) in [6, 6.07) is 17.0. The number of methoxy groups -OCH3 is 2. The van der Waals surface area contributed by atoms with Crippen molar-refractivity contribution in [2.24, 2.45) is 21.3 Å². The lowest BCUT2D eigenvalue weighted by Gasteiger charge is -2.37. The quantitative estimate of drug-likeness (QED) is 0.0843. The van der Waals surface area contributed by atoms with Gasteiger partial charge in [-0.3, -0.25) is 29.2 Å². The van der Waals surface area contributed by atoms with E-state index in [0.29, 0.717) is 52.1 Å². The monoisotopic (exact) mass is 891 g/mol. The molecule has 0 aliphatic carbocycles. The summed E-state index contributed by atoms with van der Waals surface area (Å²) in [5, 5.41) is 5.69. The van der Waals surface area contributed by atoms with Gasteiger partial charge in [-0.2, -0.15) is 0 Å². The molecule has 6 rings (SSSR count). The number of carbonyl (C=O) groups is 4. The number of fused-ring (bicyclic) bond motifs is 6. The normalized spacial score (nSPS) is 18.3. The smallest absolute Gasteiger partial charge is 0.307 e. The highest BCUT2D eigenvalue weighted by Gasteiger charge is 2.36. The van der Waals surface area contributed by atoms with Crippen LogP contribution in [0.5, 0.6) is 0 Å². The maximum atomic E-state index is 14.6. The first kappa shape index (κ1) is 48.7. The number of amides is 3. The van der Waals surface area contributed by atoms with Crippen molar-refractivity contribution in [3.05, 3.63) is 77.6 Å². The van der Waals surface area contributed by atoms with E-state index in [1.54, 1.807) is 27.5 Å². The lowest BCUT2D eigenvalue weighted by atomic mass is 9.84.